The fraction of sp³-hybridized carbons (Fsp3) is 0.444. The van der Waals surface area contributed by atoms with E-state index in [0.717, 1.165) is 36.1 Å². The van der Waals surface area contributed by atoms with Crippen LogP contribution in [0.5, 0.6) is 0 Å². The summed E-state index contributed by atoms with van der Waals surface area (Å²) in [5, 5.41) is 3.14. The second-order valence-corrected chi connectivity index (χ2v) is 6.18. The van der Waals surface area contributed by atoms with E-state index in [4.69, 9.17) is 4.74 Å². The Hall–Kier alpha value is -1.94. The predicted octanol–water partition coefficient (Wildman–Crippen LogP) is 2.47. The number of hydrogen-bond donors (Lipinski definition) is 1. The van der Waals surface area contributed by atoms with Gasteiger partial charge in [-0.2, -0.15) is 0 Å². The number of hydrogen-bond acceptors (Lipinski definition) is 4. The van der Waals surface area contributed by atoms with Crippen LogP contribution in [0.2, 0.25) is 0 Å². The van der Waals surface area contributed by atoms with Crippen molar-refractivity contribution in [3.63, 3.8) is 0 Å². The van der Waals surface area contributed by atoms with E-state index in [9.17, 15) is 9.59 Å². The fourth-order valence-corrected chi connectivity index (χ4v) is 3.07. The lowest BCUT2D eigenvalue weighted by Gasteiger charge is -2.18. The van der Waals surface area contributed by atoms with Crippen LogP contribution < -0.4 is 16.2 Å². The average molecular weight is 299 g/mol. The molecule has 0 amide bonds. The van der Waals surface area contributed by atoms with Gasteiger partial charge in [-0.15, -0.1) is 0 Å². The normalized spacial score (nSPS) is 18.0. The van der Waals surface area contributed by atoms with Crippen LogP contribution in [0, 0.1) is 20.8 Å². The zero-order chi connectivity index (χ0) is 15.9. The Labute approximate surface area is 129 Å². The van der Waals surface area contributed by atoms with Gasteiger partial charge in [0.25, 0.3) is 0 Å². The number of rotatable bonds is 4. The van der Waals surface area contributed by atoms with E-state index in [1.165, 1.54) is 5.56 Å². The van der Waals surface area contributed by atoms with Crippen molar-refractivity contribution in [2.75, 3.05) is 18.5 Å². The number of nitrogens with one attached hydrogen (secondary N) is 1. The lowest BCUT2D eigenvalue weighted by molar-refractivity contribution is 0.120. The summed E-state index contributed by atoms with van der Waals surface area (Å²) in [6, 6.07) is 4.06. The van der Waals surface area contributed by atoms with Gasteiger partial charge in [0.1, 0.15) is 0 Å². The van der Waals surface area contributed by atoms with Crippen LogP contribution in [-0.2, 0) is 4.74 Å². The molecule has 1 heterocycles. The largest absolute Gasteiger partial charge is 0.379 e. The smallest absolute Gasteiger partial charge is 0.250 e. The first-order chi connectivity index (χ1) is 10.5. The topological polar surface area (TPSA) is 55.4 Å². The Morgan fingerprint density at radius 1 is 1.09 bits per heavy atom. The van der Waals surface area contributed by atoms with Gasteiger partial charge in [0.05, 0.1) is 17.4 Å². The molecule has 2 aromatic rings. The van der Waals surface area contributed by atoms with E-state index in [-0.39, 0.29) is 11.5 Å². The van der Waals surface area contributed by atoms with E-state index >= 15 is 0 Å². The first-order valence-corrected chi connectivity index (χ1v) is 7.76. The molecule has 0 unspecified atom stereocenters. The first kappa shape index (κ1) is 15.0. The highest BCUT2D eigenvalue weighted by molar-refractivity contribution is 5.84. The molecule has 1 N–H and O–H groups in total. The Morgan fingerprint density at radius 2 is 1.82 bits per heavy atom. The minimum atomic E-state index is -0.411. The number of aryl methyl sites for hydroxylation is 3. The van der Waals surface area contributed by atoms with Gasteiger partial charge in [0, 0.05) is 13.2 Å². The molecule has 1 atom stereocenters. The predicted molar refractivity (Wildman–Crippen MR) is 88.5 cm³/mol. The summed E-state index contributed by atoms with van der Waals surface area (Å²) in [5.74, 6) is 0. The molecule has 22 heavy (non-hydrogen) atoms. The second-order valence-electron chi connectivity index (χ2n) is 6.18. The Morgan fingerprint density at radius 3 is 2.50 bits per heavy atom. The van der Waals surface area contributed by atoms with Gasteiger partial charge in [-0.3, -0.25) is 9.59 Å². The summed E-state index contributed by atoms with van der Waals surface area (Å²) < 4.78 is 5.55. The highest BCUT2D eigenvalue weighted by Gasteiger charge is 2.25. The summed E-state index contributed by atoms with van der Waals surface area (Å²) in [6.45, 7) is 7.40. The molecule has 1 aliphatic heterocycles. The lowest BCUT2D eigenvalue weighted by Crippen LogP contribution is -2.38. The van der Waals surface area contributed by atoms with Gasteiger partial charge >= 0.3 is 0 Å². The van der Waals surface area contributed by atoms with E-state index in [1.807, 2.05) is 26.8 Å². The van der Waals surface area contributed by atoms with Crippen molar-refractivity contribution >= 4 is 5.69 Å². The Kier molecular flexibility index (Phi) is 3.87. The minimum Gasteiger partial charge on any atom is -0.379 e. The highest BCUT2D eigenvalue weighted by atomic mass is 16.5. The van der Waals surface area contributed by atoms with Gasteiger partial charge in [-0.05, 0) is 55.9 Å². The fourth-order valence-electron chi connectivity index (χ4n) is 3.07. The molecule has 0 saturated carbocycles. The summed E-state index contributed by atoms with van der Waals surface area (Å²) >= 11 is 0. The third-order valence-electron chi connectivity index (χ3n) is 4.55. The molecule has 2 aromatic carbocycles. The standard InChI is InChI=1S/C18H21NO3/c1-10-7-12(3)14(8-11(10)2)15-16(18(21)17(15)20)19-9-13-5-4-6-22-13/h7-8,13,19H,4-6,9H2,1-3H3/t13-/m0/s1. The molecule has 0 spiro atoms. The van der Waals surface area contributed by atoms with Crippen LogP contribution in [0.1, 0.15) is 29.5 Å². The Balaban J connectivity index is 1.91. The molecule has 0 radical (unpaired) electrons. The second kappa shape index (κ2) is 5.69. The van der Waals surface area contributed by atoms with Crippen molar-refractivity contribution < 1.29 is 4.74 Å². The molecule has 1 aliphatic rings. The zero-order valence-corrected chi connectivity index (χ0v) is 13.3. The van der Waals surface area contributed by atoms with Gasteiger partial charge in [0.15, 0.2) is 0 Å². The van der Waals surface area contributed by atoms with E-state index in [1.54, 1.807) is 0 Å². The van der Waals surface area contributed by atoms with Crippen LogP contribution in [0.3, 0.4) is 0 Å². The van der Waals surface area contributed by atoms with Gasteiger partial charge < -0.3 is 10.1 Å². The van der Waals surface area contributed by atoms with Crippen molar-refractivity contribution in [3.05, 3.63) is 49.3 Å². The maximum Gasteiger partial charge on any atom is 0.250 e. The first-order valence-electron chi connectivity index (χ1n) is 7.76. The summed E-state index contributed by atoms with van der Waals surface area (Å²) in [7, 11) is 0. The van der Waals surface area contributed by atoms with E-state index < -0.39 is 5.43 Å². The van der Waals surface area contributed by atoms with Crippen LogP contribution in [-0.4, -0.2) is 19.3 Å². The minimum absolute atomic E-state index is 0.137. The molecule has 1 fully saturated rings. The molecule has 4 heteroatoms. The molecular weight excluding hydrogens is 278 g/mol. The van der Waals surface area contributed by atoms with Crippen molar-refractivity contribution in [2.24, 2.45) is 0 Å². The lowest BCUT2D eigenvalue weighted by atomic mass is 9.91. The molecule has 0 bridgehead atoms. The number of ether oxygens (including phenoxy) is 1. The van der Waals surface area contributed by atoms with Gasteiger partial charge in [0.2, 0.25) is 10.9 Å². The van der Waals surface area contributed by atoms with Gasteiger partial charge in [-0.25, -0.2) is 0 Å². The van der Waals surface area contributed by atoms with Crippen molar-refractivity contribution in [3.8, 4) is 11.1 Å². The van der Waals surface area contributed by atoms with Crippen molar-refractivity contribution in [1.29, 1.82) is 0 Å². The van der Waals surface area contributed by atoms with E-state index in [2.05, 4.69) is 11.4 Å². The van der Waals surface area contributed by atoms with Crippen LogP contribution in [0.25, 0.3) is 11.1 Å². The van der Waals surface area contributed by atoms with Crippen LogP contribution >= 0.6 is 0 Å². The summed E-state index contributed by atoms with van der Waals surface area (Å²) in [4.78, 5) is 23.9. The monoisotopic (exact) mass is 299 g/mol. The van der Waals surface area contributed by atoms with Crippen LogP contribution in [0.4, 0.5) is 5.69 Å². The number of benzene rings is 1. The summed E-state index contributed by atoms with van der Waals surface area (Å²) in [5.41, 5.74) is 4.38. The quantitative estimate of drug-likeness (QED) is 0.881. The van der Waals surface area contributed by atoms with Crippen molar-refractivity contribution in [2.45, 2.75) is 39.7 Å². The third kappa shape index (κ3) is 2.48. The molecule has 4 nitrogen and oxygen atoms in total. The molecular formula is C18H21NO3. The molecule has 0 aromatic heterocycles. The summed E-state index contributed by atoms with van der Waals surface area (Å²) in [6.07, 6.45) is 2.19. The van der Waals surface area contributed by atoms with E-state index in [0.29, 0.717) is 17.8 Å². The highest BCUT2D eigenvalue weighted by Crippen LogP contribution is 2.29. The SMILES string of the molecule is Cc1cc(C)c(-c2c(NC[C@@H]3CCCO3)c(=O)c2=O)cc1C. The van der Waals surface area contributed by atoms with Crippen LogP contribution in [0.15, 0.2) is 21.7 Å². The maximum atomic E-state index is 12.0. The molecule has 1 saturated heterocycles. The van der Waals surface area contributed by atoms with Gasteiger partial charge in [-0.1, -0.05) is 12.1 Å². The molecule has 0 aliphatic carbocycles. The maximum absolute atomic E-state index is 12.0. The molecule has 3 rings (SSSR count). The zero-order valence-electron chi connectivity index (χ0n) is 13.3. The third-order valence-corrected chi connectivity index (χ3v) is 4.55. The number of anilines is 1. The molecule has 116 valence electrons. The average Bonchev–Trinajstić information content (AvgIpc) is 3.00. The van der Waals surface area contributed by atoms with Crippen molar-refractivity contribution in [1.82, 2.24) is 0 Å². The Bertz CT molecular complexity index is 778.